The van der Waals surface area contributed by atoms with Gasteiger partial charge in [-0.2, -0.15) is 5.26 Å². The largest absolute Gasteiger partial charge is 0.493 e. The topological polar surface area (TPSA) is 71.3 Å². The van der Waals surface area contributed by atoms with Gasteiger partial charge in [0.15, 0.2) is 11.5 Å². The Morgan fingerprint density at radius 1 is 1.33 bits per heavy atom. The van der Waals surface area contributed by atoms with Gasteiger partial charge in [-0.05, 0) is 59.1 Å². The van der Waals surface area contributed by atoms with Crippen molar-refractivity contribution in [2.75, 3.05) is 13.7 Å². The molecule has 2 aromatic rings. The Hall–Kier alpha value is -2.78. The highest BCUT2D eigenvalue weighted by Crippen LogP contribution is 2.37. The van der Waals surface area contributed by atoms with Gasteiger partial charge in [-0.3, -0.25) is 4.79 Å². The normalized spacial score (nSPS) is 12.0. The molecule has 0 heterocycles. The van der Waals surface area contributed by atoms with Crippen LogP contribution in [-0.4, -0.2) is 19.6 Å². The summed E-state index contributed by atoms with van der Waals surface area (Å²) in [5.41, 5.74) is 1.63. The molecule has 0 radical (unpaired) electrons. The summed E-state index contributed by atoms with van der Waals surface area (Å²) in [5.74, 6) is 0.670. The Labute approximate surface area is 167 Å². The number of ether oxygens (including phenoxy) is 2. The molecule has 0 aliphatic heterocycles. The van der Waals surface area contributed by atoms with E-state index >= 15 is 0 Å². The first-order chi connectivity index (χ1) is 13.0. The summed E-state index contributed by atoms with van der Waals surface area (Å²) >= 11 is 3.44. The van der Waals surface area contributed by atoms with E-state index in [0.29, 0.717) is 28.1 Å². The van der Waals surface area contributed by atoms with Crippen molar-refractivity contribution < 1.29 is 14.3 Å². The summed E-state index contributed by atoms with van der Waals surface area (Å²) in [4.78, 5) is 12.5. The van der Waals surface area contributed by atoms with Crippen molar-refractivity contribution in [1.82, 2.24) is 5.32 Å². The number of carbonyl (C=O) groups is 1. The van der Waals surface area contributed by atoms with Gasteiger partial charge in [0, 0.05) is 0 Å². The van der Waals surface area contributed by atoms with Crippen molar-refractivity contribution in [3.63, 3.8) is 0 Å². The molecule has 1 atom stereocenters. The van der Waals surface area contributed by atoms with Gasteiger partial charge in [-0.25, -0.2) is 0 Å². The number of nitriles is 1. The third kappa shape index (κ3) is 5.35. The highest BCUT2D eigenvalue weighted by molar-refractivity contribution is 9.10. The van der Waals surface area contributed by atoms with Crippen LogP contribution in [0.2, 0.25) is 0 Å². The second-order valence-corrected chi connectivity index (χ2v) is 6.60. The molecule has 27 heavy (non-hydrogen) atoms. The fraction of sp³-hybridized carbons (Fsp3) is 0.238. The van der Waals surface area contributed by atoms with Crippen molar-refractivity contribution in [2.45, 2.75) is 19.9 Å². The van der Waals surface area contributed by atoms with Crippen molar-refractivity contribution >= 4 is 27.9 Å². The first-order valence-corrected chi connectivity index (χ1v) is 9.27. The molecule has 1 amide bonds. The number of benzene rings is 2. The van der Waals surface area contributed by atoms with E-state index in [1.807, 2.05) is 50.2 Å². The number of nitrogens with one attached hydrogen (secondary N) is 1. The van der Waals surface area contributed by atoms with Gasteiger partial charge in [-0.15, -0.1) is 0 Å². The predicted molar refractivity (Wildman–Crippen MR) is 108 cm³/mol. The summed E-state index contributed by atoms with van der Waals surface area (Å²) in [6.07, 6.45) is 1.52. The molecule has 0 aliphatic carbocycles. The number of hydrogen-bond donors (Lipinski definition) is 1. The van der Waals surface area contributed by atoms with Crippen molar-refractivity contribution in [3.05, 3.63) is 63.6 Å². The summed E-state index contributed by atoms with van der Waals surface area (Å²) in [6, 6.07) is 14.8. The van der Waals surface area contributed by atoms with Crippen LogP contribution in [0.25, 0.3) is 6.08 Å². The van der Waals surface area contributed by atoms with Crippen LogP contribution >= 0.6 is 15.9 Å². The highest BCUT2D eigenvalue weighted by Gasteiger charge is 2.15. The van der Waals surface area contributed by atoms with Gasteiger partial charge in [0.2, 0.25) is 0 Å². The van der Waals surface area contributed by atoms with Gasteiger partial charge in [-0.1, -0.05) is 30.3 Å². The van der Waals surface area contributed by atoms with Crippen molar-refractivity contribution in [2.24, 2.45) is 0 Å². The lowest BCUT2D eigenvalue weighted by molar-refractivity contribution is -0.117. The summed E-state index contributed by atoms with van der Waals surface area (Å²) in [7, 11) is 1.54. The van der Waals surface area contributed by atoms with E-state index in [-0.39, 0.29) is 11.6 Å². The van der Waals surface area contributed by atoms with E-state index in [9.17, 15) is 10.1 Å². The van der Waals surface area contributed by atoms with Gasteiger partial charge in [0.25, 0.3) is 5.91 Å². The molecule has 6 heteroatoms. The number of halogens is 1. The summed E-state index contributed by atoms with van der Waals surface area (Å²) in [6.45, 7) is 4.25. The molecule has 0 aliphatic rings. The molecule has 2 rings (SSSR count). The fourth-order valence-electron chi connectivity index (χ4n) is 2.52. The number of nitrogens with zero attached hydrogens (tertiary/aromatic N) is 1. The molecule has 5 nitrogen and oxygen atoms in total. The maximum absolute atomic E-state index is 12.5. The van der Waals surface area contributed by atoms with Gasteiger partial charge < -0.3 is 14.8 Å². The van der Waals surface area contributed by atoms with Crippen LogP contribution in [0.4, 0.5) is 0 Å². The number of hydrogen-bond acceptors (Lipinski definition) is 4. The van der Waals surface area contributed by atoms with Gasteiger partial charge >= 0.3 is 0 Å². The second-order valence-electron chi connectivity index (χ2n) is 5.74. The molecule has 0 saturated carbocycles. The van der Waals surface area contributed by atoms with Crippen LogP contribution in [0.3, 0.4) is 0 Å². The van der Waals surface area contributed by atoms with Gasteiger partial charge in [0.1, 0.15) is 11.6 Å². The molecular formula is C21H21BrN2O3. The molecule has 1 N–H and O–H groups in total. The van der Waals surface area contributed by atoms with E-state index < -0.39 is 5.91 Å². The SMILES string of the molecule is CCOc1c(Br)cc(/C=C(/C#N)C(=O)N[C@@H](C)c2ccccc2)cc1OC. The zero-order valence-corrected chi connectivity index (χ0v) is 17.0. The minimum atomic E-state index is -0.433. The summed E-state index contributed by atoms with van der Waals surface area (Å²) in [5, 5.41) is 12.3. The van der Waals surface area contributed by atoms with Crippen LogP contribution in [0.1, 0.15) is 31.0 Å². The van der Waals surface area contributed by atoms with Crippen LogP contribution in [0, 0.1) is 11.3 Å². The lowest BCUT2D eigenvalue weighted by atomic mass is 10.1. The molecule has 0 spiro atoms. The zero-order valence-electron chi connectivity index (χ0n) is 15.5. The monoisotopic (exact) mass is 428 g/mol. The summed E-state index contributed by atoms with van der Waals surface area (Å²) < 4.78 is 11.6. The average Bonchev–Trinajstić information content (AvgIpc) is 2.68. The lowest BCUT2D eigenvalue weighted by Gasteiger charge is -2.14. The third-order valence-corrected chi connectivity index (χ3v) is 4.45. The van der Waals surface area contributed by atoms with E-state index in [4.69, 9.17) is 9.47 Å². The molecule has 0 saturated heterocycles. The Morgan fingerprint density at radius 3 is 2.63 bits per heavy atom. The van der Waals surface area contributed by atoms with Crippen molar-refractivity contribution in [3.8, 4) is 17.6 Å². The molecule has 2 aromatic carbocycles. The van der Waals surface area contributed by atoms with E-state index in [1.165, 1.54) is 13.2 Å². The van der Waals surface area contributed by atoms with E-state index in [1.54, 1.807) is 12.1 Å². The highest BCUT2D eigenvalue weighted by atomic mass is 79.9. The Kier molecular flexibility index (Phi) is 7.44. The minimum absolute atomic E-state index is 0.0101. The smallest absolute Gasteiger partial charge is 0.262 e. The molecule has 140 valence electrons. The molecular weight excluding hydrogens is 408 g/mol. The first kappa shape index (κ1) is 20.5. The van der Waals surface area contributed by atoms with Crippen molar-refractivity contribution in [1.29, 1.82) is 5.26 Å². The first-order valence-electron chi connectivity index (χ1n) is 8.48. The third-order valence-electron chi connectivity index (χ3n) is 3.86. The molecule has 0 bridgehead atoms. The van der Waals surface area contributed by atoms with Crippen LogP contribution < -0.4 is 14.8 Å². The number of amides is 1. The van der Waals surface area contributed by atoms with E-state index in [2.05, 4.69) is 21.2 Å². The Balaban J connectivity index is 2.26. The molecule has 0 aromatic heterocycles. The average molecular weight is 429 g/mol. The molecule has 0 fully saturated rings. The van der Waals surface area contributed by atoms with Gasteiger partial charge in [0.05, 0.1) is 24.2 Å². The second kappa shape index (κ2) is 9.79. The lowest BCUT2D eigenvalue weighted by Crippen LogP contribution is -2.27. The standard InChI is InChI=1S/C21H21BrN2O3/c1-4-27-20-18(22)11-15(12-19(20)26-3)10-17(13-23)21(25)24-14(2)16-8-6-5-7-9-16/h5-12,14H,4H2,1-3H3,(H,24,25)/b17-10-/t14-/m0/s1. The number of carbonyl (C=O) groups excluding carboxylic acids is 1. The quantitative estimate of drug-likeness (QED) is 0.514. The zero-order chi connectivity index (χ0) is 19.8. The maximum atomic E-state index is 12.5. The molecule has 0 unspecified atom stereocenters. The maximum Gasteiger partial charge on any atom is 0.262 e. The van der Waals surface area contributed by atoms with Crippen LogP contribution in [-0.2, 0) is 4.79 Å². The minimum Gasteiger partial charge on any atom is -0.493 e. The van der Waals surface area contributed by atoms with E-state index in [0.717, 1.165) is 5.56 Å². The Bertz CT molecular complexity index is 873. The number of rotatable bonds is 7. The number of methoxy groups -OCH3 is 1. The van der Waals surface area contributed by atoms with Crippen LogP contribution in [0.15, 0.2) is 52.5 Å². The van der Waals surface area contributed by atoms with Crippen LogP contribution in [0.5, 0.6) is 11.5 Å². The predicted octanol–water partition coefficient (Wildman–Crippen LogP) is 4.64. The Morgan fingerprint density at radius 2 is 2.04 bits per heavy atom. The fourth-order valence-corrected chi connectivity index (χ4v) is 3.10.